The molecule has 1 fully saturated rings. The van der Waals surface area contributed by atoms with Gasteiger partial charge in [-0.2, -0.15) is 0 Å². The lowest BCUT2D eigenvalue weighted by molar-refractivity contribution is -0.384. The van der Waals surface area contributed by atoms with Gasteiger partial charge in [0.1, 0.15) is 5.75 Å². The summed E-state index contributed by atoms with van der Waals surface area (Å²) in [4.78, 5) is 31.4. The van der Waals surface area contributed by atoms with Gasteiger partial charge in [0.05, 0.1) is 29.2 Å². The van der Waals surface area contributed by atoms with Crippen LogP contribution in [0, 0.1) is 24.0 Å². The molecule has 2 heterocycles. The Hall–Kier alpha value is -4.63. The van der Waals surface area contributed by atoms with Crippen LogP contribution < -0.4 is 4.74 Å². The number of amides is 1. The molecule has 8 nitrogen and oxygen atoms in total. The predicted molar refractivity (Wildman–Crippen MR) is 155 cm³/mol. The molecular formula is C30H26N4O4S. The van der Waals surface area contributed by atoms with Gasteiger partial charge in [-0.1, -0.05) is 30.3 Å². The fourth-order valence-electron chi connectivity index (χ4n) is 4.45. The number of methoxy groups -OCH3 is 1. The van der Waals surface area contributed by atoms with Gasteiger partial charge in [-0.3, -0.25) is 19.8 Å². The number of hydrogen-bond acceptors (Lipinski definition) is 6. The number of hydrogen-bond donors (Lipinski definition) is 0. The standard InChI is InChI=1S/C30H26N4O4S/c1-20-17-23(21(2)33(20)25-11-13-26(14-12-25)34(36)37)18-28-29(35)32(19-22-9-15-27(38-3)16-10-22)30(39-28)31-24-7-5-4-6-8-24/h4-18H,19H2,1-3H3/b28-18+,31-30?. The molecule has 5 rings (SSSR count). The minimum atomic E-state index is -0.412. The molecule has 196 valence electrons. The molecule has 4 aromatic rings. The van der Waals surface area contributed by atoms with Crippen molar-refractivity contribution in [3.8, 4) is 11.4 Å². The fourth-order valence-corrected chi connectivity index (χ4v) is 5.44. The smallest absolute Gasteiger partial charge is 0.269 e. The Labute approximate surface area is 230 Å². The number of aromatic nitrogens is 1. The monoisotopic (exact) mass is 538 g/mol. The number of benzene rings is 3. The summed E-state index contributed by atoms with van der Waals surface area (Å²) >= 11 is 1.35. The van der Waals surface area contributed by atoms with Crippen LogP contribution in [0.5, 0.6) is 5.75 Å². The number of aliphatic imine (C=N–C) groups is 1. The summed E-state index contributed by atoms with van der Waals surface area (Å²) in [6.07, 6.45) is 1.89. The minimum absolute atomic E-state index is 0.0405. The molecule has 0 bridgehead atoms. The molecule has 1 aliphatic heterocycles. The average Bonchev–Trinajstić information content (AvgIpc) is 3.39. The lowest BCUT2D eigenvalue weighted by Gasteiger charge is -2.16. The van der Waals surface area contributed by atoms with Crippen LogP contribution in [0.1, 0.15) is 22.5 Å². The highest BCUT2D eigenvalue weighted by Crippen LogP contribution is 2.36. The van der Waals surface area contributed by atoms with Gasteiger partial charge in [-0.25, -0.2) is 4.99 Å². The highest BCUT2D eigenvalue weighted by molar-refractivity contribution is 8.18. The highest BCUT2D eigenvalue weighted by atomic mass is 32.2. The van der Waals surface area contributed by atoms with Crippen molar-refractivity contribution in [1.29, 1.82) is 0 Å². The van der Waals surface area contributed by atoms with Gasteiger partial charge in [0, 0.05) is 29.2 Å². The molecule has 39 heavy (non-hydrogen) atoms. The maximum absolute atomic E-state index is 13.7. The third-order valence-electron chi connectivity index (χ3n) is 6.44. The van der Waals surface area contributed by atoms with Crippen LogP contribution in [0.4, 0.5) is 11.4 Å². The van der Waals surface area contributed by atoms with Gasteiger partial charge >= 0.3 is 0 Å². The molecule has 1 saturated heterocycles. The molecule has 9 heteroatoms. The predicted octanol–water partition coefficient (Wildman–Crippen LogP) is 6.82. The first-order valence-corrected chi connectivity index (χ1v) is 13.1. The van der Waals surface area contributed by atoms with E-state index >= 15 is 0 Å². The Kier molecular flexibility index (Phi) is 7.33. The van der Waals surface area contributed by atoms with E-state index in [1.165, 1.54) is 23.9 Å². The van der Waals surface area contributed by atoms with E-state index in [1.807, 2.05) is 85.2 Å². The Morgan fingerprint density at radius 1 is 1.00 bits per heavy atom. The number of thioether (sulfide) groups is 1. The average molecular weight is 539 g/mol. The van der Waals surface area contributed by atoms with Crippen molar-refractivity contribution in [3.63, 3.8) is 0 Å². The van der Waals surface area contributed by atoms with Crippen LogP contribution in [-0.2, 0) is 11.3 Å². The Bertz CT molecular complexity index is 1590. The van der Waals surface area contributed by atoms with Crippen LogP contribution in [0.2, 0.25) is 0 Å². The molecule has 0 radical (unpaired) electrons. The van der Waals surface area contributed by atoms with Crippen LogP contribution in [0.25, 0.3) is 11.8 Å². The number of nitrogens with zero attached hydrogens (tertiary/aromatic N) is 4. The highest BCUT2D eigenvalue weighted by Gasteiger charge is 2.34. The number of ether oxygens (including phenoxy) is 1. The number of nitro benzene ring substituents is 1. The maximum atomic E-state index is 13.7. The summed E-state index contributed by atoms with van der Waals surface area (Å²) in [5, 5.41) is 11.7. The molecule has 1 aromatic heterocycles. The van der Waals surface area contributed by atoms with Gasteiger partial charge in [0.25, 0.3) is 11.6 Å². The quantitative estimate of drug-likeness (QED) is 0.146. The van der Waals surface area contributed by atoms with Crippen molar-refractivity contribution in [2.45, 2.75) is 20.4 Å². The molecule has 0 spiro atoms. The van der Waals surface area contributed by atoms with Gasteiger partial charge in [0.2, 0.25) is 0 Å². The van der Waals surface area contributed by atoms with Crippen LogP contribution >= 0.6 is 11.8 Å². The summed E-state index contributed by atoms with van der Waals surface area (Å²) in [6, 6.07) is 25.7. The Morgan fingerprint density at radius 3 is 2.33 bits per heavy atom. The summed E-state index contributed by atoms with van der Waals surface area (Å²) in [7, 11) is 1.62. The second kappa shape index (κ2) is 11.0. The second-order valence-corrected chi connectivity index (χ2v) is 10.0. The zero-order chi connectivity index (χ0) is 27.5. The molecule has 1 amide bonds. The van der Waals surface area contributed by atoms with E-state index in [4.69, 9.17) is 9.73 Å². The fraction of sp³-hybridized carbons (Fsp3) is 0.133. The zero-order valence-corrected chi connectivity index (χ0v) is 22.5. The van der Waals surface area contributed by atoms with Crippen LogP contribution in [0.15, 0.2) is 94.8 Å². The van der Waals surface area contributed by atoms with E-state index in [9.17, 15) is 14.9 Å². The second-order valence-electron chi connectivity index (χ2n) is 9.02. The van der Waals surface area contributed by atoms with Gasteiger partial charge in [-0.05, 0) is 85.3 Å². The molecule has 0 N–H and O–H groups in total. The van der Waals surface area contributed by atoms with E-state index in [1.54, 1.807) is 24.1 Å². The number of aryl methyl sites for hydroxylation is 1. The van der Waals surface area contributed by atoms with Gasteiger partial charge in [-0.15, -0.1) is 0 Å². The third-order valence-corrected chi connectivity index (χ3v) is 7.45. The lowest BCUT2D eigenvalue weighted by atomic mass is 10.2. The molecule has 0 saturated carbocycles. The first-order chi connectivity index (χ1) is 18.8. The Balaban J connectivity index is 1.49. The minimum Gasteiger partial charge on any atom is -0.497 e. The topological polar surface area (TPSA) is 90.0 Å². The van der Waals surface area contributed by atoms with E-state index in [2.05, 4.69) is 0 Å². The number of rotatable bonds is 7. The first kappa shape index (κ1) is 26.0. The van der Waals surface area contributed by atoms with Gasteiger partial charge < -0.3 is 9.30 Å². The van der Waals surface area contributed by atoms with E-state index in [0.29, 0.717) is 16.6 Å². The van der Waals surface area contributed by atoms with E-state index < -0.39 is 4.92 Å². The number of para-hydroxylation sites is 1. The SMILES string of the molecule is COc1ccc(CN2C(=O)/C(=C\c3cc(C)n(-c4ccc([N+](=O)[O-])cc4)c3C)SC2=Nc2ccccc2)cc1. The van der Waals surface area contributed by atoms with E-state index in [0.717, 1.165) is 39.6 Å². The Morgan fingerprint density at radius 2 is 1.69 bits per heavy atom. The first-order valence-electron chi connectivity index (χ1n) is 12.3. The van der Waals surface area contributed by atoms with Crippen LogP contribution in [-0.4, -0.2) is 32.6 Å². The number of nitro groups is 1. The maximum Gasteiger partial charge on any atom is 0.269 e. The van der Waals surface area contributed by atoms with Crippen molar-refractivity contribution < 1.29 is 14.5 Å². The molecule has 3 aromatic carbocycles. The van der Waals surface area contributed by atoms with E-state index in [-0.39, 0.29) is 11.6 Å². The lowest BCUT2D eigenvalue weighted by Crippen LogP contribution is -2.28. The molecular weight excluding hydrogens is 512 g/mol. The number of non-ortho nitro benzene ring substituents is 1. The normalized spacial score (nSPS) is 15.4. The summed E-state index contributed by atoms with van der Waals surface area (Å²) < 4.78 is 7.29. The molecule has 0 aliphatic carbocycles. The van der Waals surface area contributed by atoms with Crippen molar-refractivity contribution in [2.75, 3.05) is 7.11 Å². The van der Waals surface area contributed by atoms with Crippen LogP contribution in [0.3, 0.4) is 0 Å². The third kappa shape index (κ3) is 5.49. The molecule has 0 unspecified atom stereocenters. The summed E-state index contributed by atoms with van der Waals surface area (Å²) in [5.74, 6) is 0.633. The van der Waals surface area contributed by atoms with Crippen molar-refractivity contribution in [1.82, 2.24) is 9.47 Å². The number of amidine groups is 1. The number of carbonyl (C=O) groups excluding carboxylic acids is 1. The largest absolute Gasteiger partial charge is 0.497 e. The molecule has 1 aliphatic rings. The van der Waals surface area contributed by atoms with Crippen molar-refractivity contribution >= 4 is 40.3 Å². The van der Waals surface area contributed by atoms with Crippen molar-refractivity contribution in [2.24, 2.45) is 4.99 Å². The zero-order valence-electron chi connectivity index (χ0n) is 21.7. The summed E-state index contributed by atoms with van der Waals surface area (Å²) in [6.45, 7) is 4.32. The van der Waals surface area contributed by atoms with Crippen molar-refractivity contribution in [3.05, 3.63) is 122 Å². The van der Waals surface area contributed by atoms with Gasteiger partial charge in [0.15, 0.2) is 5.17 Å². The molecule has 0 atom stereocenters. The summed E-state index contributed by atoms with van der Waals surface area (Å²) in [5.41, 5.74) is 5.37. The number of carbonyl (C=O) groups is 1.